The Kier molecular flexibility index (Phi) is 2.29. The molecule has 3 heteroatoms. The summed E-state index contributed by atoms with van der Waals surface area (Å²) in [7, 11) is 0. The summed E-state index contributed by atoms with van der Waals surface area (Å²) < 4.78 is 0. The fourth-order valence-electron chi connectivity index (χ4n) is 2.13. The summed E-state index contributed by atoms with van der Waals surface area (Å²) in [5.41, 5.74) is 8.12. The van der Waals surface area contributed by atoms with Crippen LogP contribution in [-0.4, -0.2) is 23.2 Å². The molecule has 1 fully saturated rings. The Morgan fingerprint density at radius 2 is 2.50 bits per heavy atom. The lowest BCUT2D eigenvalue weighted by molar-refractivity contribution is 0.211. The van der Waals surface area contributed by atoms with Gasteiger partial charge in [0.25, 0.3) is 0 Å². The van der Waals surface area contributed by atoms with Gasteiger partial charge in [-0.2, -0.15) is 0 Å². The molecular formula is C11H16N2O. The topological polar surface area (TPSA) is 59.1 Å². The van der Waals surface area contributed by atoms with E-state index in [1.165, 1.54) is 11.1 Å². The van der Waals surface area contributed by atoms with Crippen molar-refractivity contribution in [2.75, 3.05) is 13.2 Å². The largest absolute Gasteiger partial charge is 0.396 e. The molecule has 3 N–H and O–H groups in total. The van der Waals surface area contributed by atoms with E-state index in [0.717, 1.165) is 6.42 Å². The van der Waals surface area contributed by atoms with Crippen LogP contribution in [0, 0.1) is 12.3 Å². The van der Waals surface area contributed by atoms with Gasteiger partial charge >= 0.3 is 0 Å². The predicted molar refractivity (Wildman–Crippen MR) is 54.9 cm³/mol. The first kappa shape index (κ1) is 9.62. The fourth-order valence-corrected chi connectivity index (χ4v) is 2.13. The Hall–Kier alpha value is -0.930. The number of nitrogens with two attached hydrogens (primary N) is 1. The fraction of sp³-hybridized carbons (Fsp3) is 0.545. The van der Waals surface area contributed by atoms with E-state index >= 15 is 0 Å². The molecular weight excluding hydrogens is 176 g/mol. The van der Waals surface area contributed by atoms with Gasteiger partial charge in [0, 0.05) is 24.4 Å². The molecule has 2 atom stereocenters. The SMILES string of the molecule is Cc1cnccc1C1CC1(CN)CO. The maximum Gasteiger partial charge on any atom is 0.0505 e. The predicted octanol–water partition coefficient (Wildman–Crippen LogP) is 0.815. The molecule has 0 saturated heterocycles. The van der Waals surface area contributed by atoms with E-state index in [1.807, 2.05) is 12.3 Å². The summed E-state index contributed by atoms with van der Waals surface area (Å²) in [5.74, 6) is 0.431. The van der Waals surface area contributed by atoms with Crippen LogP contribution in [0.1, 0.15) is 23.5 Å². The summed E-state index contributed by atoms with van der Waals surface area (Å²) in [6, 6.07) is 2.03. The lowest BCUT2D eigenvalue weighted by atomic mass is 9.98. The summed E-state index contributed by atoms with van der Waals surface area (Å²) in [6.45, 7) is 2.81. The number of aromatic nitrogens is 1. The molecule has 1 aliphatic carbocycles. The third kappa shape index (κ3) is 1.33. The van der Waals surface area contributed by atoms with Crippen LogP contribution in [0.2, 0.25) is 0 Å². The van der Waals surface area contributed by atoms with E-state index in [9.17, 15) is 5.11 Å². The zero-order valence-corrected chi connectivity index (χ0v) is 8.40. The average molecular weight is 192 g/mol. The third-order valence-corrected chi connectivity index (χ3v) is 3.35. The maximum absolute atomic E-state index is 9.28. The van der Waals surface area contributed by atoms with Crippen molar-refractivity contribution >= 4 is 0 Å². The van der Waals surface area contributed by atoms with Crippen LogP contribution >= 0.6 is 0 Å². The van der Waals surface area contributed by atoms with E-state index in [4.69, 9.17) is 5.73 Å². The molecule has 0 amide bonds. The van der Waals surface area contributed by atoms with Gasteiger partial charge in [-0.15, -0.1) is 0 Å². The maximum atomic E-state index is 9.28. The van der Waals surface area contributed by atoms with Gasteiger partial charge in [0.15, 0.2) is 0 Å². The molecule has 1 saturated carbocycles. The molecule has 1 heterocycles. The van der Waals surface area contributed by atoms with E-state index in [2.05, 4.69) is 11.9 Å². The van der Waals surface area contributed by atoms with Crippen molar-refractivity contribution in [3.63, 3.8) is 0 Å². The number of hydrogen-bond acceptors (Lipinski definition) is 3. The molecule has 14 heavy (non-hydrogen) atoms. The number of pyridine rings is 1. The molecule has 76 valence electrons. The average Bonchev–Trinajstić information content (AvgIpc) is 2.94. The summed E-state index contributed by atoms with van der Waals surface area (Å²) >= 11 is 0. The van der Waals surface area contributed by atoms with Crippen LogP contribution in [0.25, 0.3) is 0 Å². The molecule has 0 spiro atoms. The molecule has 0 aromatic carbocycles. The highest BCUT2D eigenvalue weighted by Crippen LogP contribution is 2.58. The molecule has 1 aromatic heterocycles. The minimum Gasteiger partial charge on any atom is -0.396 e. The summed E-state index contributed by atoms with van der Waals surface area (Å²) in [4.78, 5) is 4.06. The smallest absolute Gasteiger partial charge is 0.0505 e. The van der Waals surface area contributed by atoms with Gasteiger partial charge in [-0.25, -0.2) is 0 Å². The van der Waals surface area contributed by atoms with E-state index < -0.39 is 0 Å². The molecule has 0 radical (unpaired) electrons. The molecule has 0 aliphatic heterocycles. The van der Waals surface area contributed by atoms with Crippen molar-refractivity contribution in [2.45, 2.75) is 19.3 Å². The normalized spacial score (nSPS) is 30.4. The minimum absolute atomic E-state index is 0.0495. The number of nitrogens with zero attached hydrogens (tertiary/aromatic N) is 1. The quantitative estimate of drug-likeness (QED) is 0.745. The zero-order valence-electron chi connectivity index (χ0n) is 8.40. The number of hydrogen-bond donors (Lipinski definition) is 2. The van der Waals surface area contributed by atoms with Crippen molar-refractivity contribution < 1.29 is 5.11 Å². The van der Waals surface area contributed by atoms with Gasteiger partial charge in [0.05, 0.1) is 6.61 Å². The van der Waals surface area contributed by atoms with Crippen LogP contribution in [-0.2, 0) is 0 Å². The second kappa shape index (κ2) is 3.33. The van der Waals surface area contributed by atoms with Crippen LogP contribution in [0.5, 0.6) is 0 Å². The lowest BCUT2D eigenvalue weighted by Gasteiger charge is -2.12. The van der Waals surface area contributed by atoms with Crippen molar-refractivity contribution in [3.05, 3.63) is 29.6 Å². The Morgan fingerprint density at radius 3 is 3.00 bits per heavy atom. The highest BCUT2D eigenvalue weighted by molar-refractivity contribution is 5.34. The highest BCUT2D eigenvalue weighted by atomic mass is 16.3. The first-order chi connectivity index (χ1) is 6.73. The molecule has 3 nitrogen and oxygen atoms in total. The Morgan fingerprint density at radius 1 is 1.71 bits per heavy atom. The van der Waals surface area contributed by atoms with Gasteiger partial charge < -0.3 is 10.8 Å². The number of aliphatic hydroxyl groups is 1. The minimum atomic E-state index is -0.0495. The monoisotopic (exact) mass is 192 g/mol. The molecule has 1 aliphatic rings. The van der Waals surface area contributed by atoms with Gasteiger partial charge in [0.1, 0.15) is 0 Å². The lowest BCUT2D eigenvalue weighted by Crippen LogP contribution is -2.21. The first-order valence-corrected chi connectivity index (χ1v) is 4.95. The van der Waals surface area contributed by atoms with Crippen molar-refractivity contribution in [1.29, 1.82) is 0 Å². The molecule has 1 aromatic rings. The molecule has 0 bridgehead atoms. The summed E-state index contributed by atoms with van der Waals surface area (Å²) in [5, 5.41) is 9.28. The van der Waals surface area contributed by atoms with Crippen LogP contribution in [0.15, 0.2) is 18.5 Å². The standard InChI is InChI=1S/C11H16N2O/c1-8-5-13-3-2-9(8)10-4-11(10,6-12)7-14/h2-3,5,10,14H,4,6-7,12H2,1H3. The Balaban J connectivity index is 2.24. The Bertz CT molecular complexity index is 334. The molecule has 2 rings (SSSR count). The highest BCUT2D eigenvalue weighted by Gasteiger charge is 2.53. The van der Waals surface area contributed by atoms with Crippen LogP contribution < -0.4 is 5.73 Å². The van der Waals surface area contributed by atoms with Crippen molar-refractivity contribution in [2.24, 2.45) is 11.1 Å². The van der Waals surface area contributed by atoms with E-state index in [0.29, 0.717) is 12.5 Å². The Labute approximate surface area is 84.0 Å². The van der Waals surface area contributed by atoms with E-state index in [1.54, 1.807) is 6.20 Å². The van der Waals surface area contributed by atoms with Gasteiger partial charge in [-0.3, -0.25) is 4.98 Å². The van der Waals surface area contributed by atoms with Gasteiger partial charge in [-0.05, 0) is 36.5 Å². The zero-order chi connectivity index (χ0) is 10.2. The second-order valence-corrected chi connectivity index (χ2v) is 4.21. The number of rotatable bonds is 3. The third-order valence-electron chi connectivity index (χ3n) is 3.35. The van der Waals surface area contributed by atoms with Gasteiger partial charge in [0.2, 0.25) is 0 Å². The summed E-state index contributed by atoms with van der Waals surface area (Å²) in [6.07, 6.45) is 4.68. The first-order valence-electron chi connectivity index (χ1n) is 4.95. The number of aliphatic hydroxyl groups excluding tert-OH is 1. The van der Waals surface area contributed by atoms with Crippen LogP contribution in [0.4, 0.5) is 0 Å². The van der Waals surface area contributed by atoms with Gasteiger partial charge in [-0.1, -0.05) is 0 Å². The number of aryl methyl sites for hydroxylation is 1. The van der Waals surface area contributed by atoms with E-state index in [-0.39, 0.29) is 12.0 Å². The van der Waals surface area contributed by atoms with Crippen molar-refractivity contribution in [3.8, 4) is 0 Å². The van der Waals surface area contributed by atoms with Crippen molar-refractivity contribution in [1.82, 2.24) is 4.98 Å². The second-order valence-electron chi connectivity index (χ2n) is 4.21. The van der Waals surface area contributed by atoms with Crippen LogP contribution in [0.3, 0.4) is 0 Å². The molecule has 2 unspecified atom stereocenters.